The highest BCUT2D eigenvalue weighted by Gasteiger charge is 2.34. The number of hydrogen-bond donors (Lipinski definition) is 0. The molecule has 1 heterocycles. The Kier molecular flexibility index (Phi) is 4.14. The number of piperazine rings is 1. The number of halogens is 1. The molecule has 0 spiro atoms. The van der Waals surface area contributed by atoms with Gasteiger partial charge in [-0.05, 0) is 13.1 Å². The summed E-state index contributed by atoms with van der Waals surface area (Å²) < 4.78 is 14.0. The summed E-state index contributed by atoms with van der Waals surface area (Å²) >= 11 is 0. The van der Waals surface area contributed by atoms with Crippen LogP contribution in [0.15, 0.2) is 24.3 Å². The third kappa shape index (κ3) is 3.01. The summed E-state index contributed by atoms with van der Waals surface area (Å²) in [6.45, 7) is 7.79. The van der Waals surface area contributed by atoms with Gasteiger partial charge in [-0.1, -0.05) is 39.0 Å². The minimum Gasteiger partial charge on any atom is -0.339 e. The van der Waals surface area contributed by atoms with Crippen LogP contribution in [0.1, 0.15) is 32.4 Å². The van der Waals surface area contributed by atoms with Crippen molar-refractivity contribution in [2.75, 3.05) is 26.7 Å². The first-order chi connectivity index (χ1) is 9.30. The van der Waals surface area contributed by atoms with Gasteiger partial charge in [-0.2, -0.15) is 0 Å². The molecule has 0 saturated carbocycles. The molecule has 1 fully saturated rings. The van der Waals surface area contributed by atoms with E-state index in [2.05, 4.69) is 4.90 Å². The zero-order chi connectivity index (χ0) is 14.9. The lowest BCUT2D eigenvalue weighted by molar-refractivity contribution is -0.142. The fraction of sp³-hybridized carbons (Fsp3) is 0.562. The topological polar surface area (TPSA) is 23.6 Å². The zero-order valence-corrected chi connectivity index (χ0v) is 12.7. The van der Waals surface area contributed by atoms with Crippen molar-refractivity contribution in [3.63, 3.8) is 0 Å². The summed E-state index contributed by atoms with van der Waals surface area (Å²) in [5.74, 6) is -0.0682. The van der Waals surface area contributed by atoms with Crippen molar-refractivity contribution in [3.8, 4) is 0 Å². The van der Waals surface area contributed by atoms with E-state index >= 15 is 0 Å². The first kappa shape index (κ1) is 15.0. The molecule has 0 bridgehead atoms. The molecule has 20 heavy (non-hydrogen) atoms. The molecule has 1 unspecified atom stereocenters. The molecule has 0 aromatic heterocycles. The van der Waals surface area contributed by atoms with Crippen LogP contribution < -0.4 is 0 Å². The summed E-state index contributed by atoms with van der Waals surface area (Å²) in [7, 11) is 1.98. The third-order valence-electron chi connectivity index (χ3n) is 3.84. The van der Waals surface area contributed by atoms with E-state index in [-0.39, 0.29) is 17.8 Å². The Hall–Kier alpha value is -1.42. The second-order valence-electron chi connectivity index (χ2n) is 6.52. The van der Waals surface area contributed by atoms with E-state index in [9.17, 15) is 9.18 Å². The normalized spacial score (nSPS) is 21.1. The van der Waals surface area contributed by atoms with E-state index in [0.29, 0.717) is 18.7 Å². The highest BCUT2D eigenvalue weighted by molar-refractivity contribution is 5.81. The fourth-order valence-corrected chi connectivity index (χ4v) is 2.61. The van der Waals surface area contributed by atoms with Crippen molar-refractivity contribution in [2.24, 2.45) is 5.41 Å². The molecule has 110 valence electrons. The van der Waals surface area contributed by atoms with Crippen LogP contribution in [-0.2, 0) is 4.79 Å². The van der Waals surface area contributed by atoms with Crippen LogP contribution in [0.3, 0.4) is 0 Å². The average molecular weight is 278 g/mol. The van der Waals surface area contributed by atoms with Crippen molar-refractivity contribution in [1.29, 1.82) is 0 Å². The Bertz CT molecular complexity index is 495. The number of hydrogen-bond acceptors (Lipinski definition) is 2. The van der Waals surface area contributed by atoms with E-state index in [1.165, 1.54) is 6.07 Å². The van der Waals surface area contributed by atoms with Gasteiger partial charge in [0.05, 0.1) is 6.04 Å². The average Bonchev–Trinajstić information content (AvgIpc) is 2.38. The third-order valence-corrected chi connectivity index (χ3v) is 3.84. The first-order valence-corrected chi connectivity index (χ1v) is 7.05. The molecule has 1 aromatic carbocycles. The maximum Gasteiger partial charge on any atom is 0.228 e. The molecule has 0 N–H and O–H groups in total. The number of nitrogens with zero attached hydrogens (tertiary/aromatic N) is 2. The van der Waals surface area contributed by atoms with E-state index in [1.807, 2.05) is 44.9 Å². The second kappa shape index (κ2) is 5.52. The zero-order valence-electron chi connectivity index (χ0n) is 12.7. The summed E-state index contributed by atoms with van der Waals surface area (Å²) in [4.78, 5) is 16.4. The maximum atomic E-state index is 14.0. The monoisotopic (exact) mass is 278 g/mol. The van der Waals surface area contributed by atoms with Gasteiger partial charge < -0.3 is 4.90 Å². The minimum atomic E-state index is -0.393. The van der Waals surface area contributed by atoms with Gasteiger partial charge in [-0.15, -0.1) is 0 Å². The van der Waals surface area contributed by atoms with Gasteiger partial charge in [-0.3, -0.25) is 9.69 Å². The smallest absolute Gasteiger partial charge is 0.228 e. The summed E-state index contributed by atoms with van der Waals surface area (Å²) in [5, 5.41) is 0. The van der Waals surface area contributed by atoms with Crippen molar-refractivity contribution < 1.29 is 9.18 Å². The van der Waals surface area contributed by atoms with E-state index in [1.54, 1.807) is 6.07 Å². The number of rotatable bonds is 1. The van der Waals surface area contributed by atoms with Crippen LogP contribution >= 0.6 is 0 Å². The van der Waals surface area contributed by atoms with E-state index in [4.69, 9.17) is 0 Å². The Morgan fingerprint density at radius 2 is 1.90 bits per heavy atom. The van der Waals surface area contributed by atoms with Gasteiger partial charge in [-0.25, -0.2) is 4.39 Å². The lowest BCUT2D eigenvalue weighted by atomic mass is 9.93. The van der Waals surface area contributed by atoms with Gasteiger partial charge in [0.2, 0.25) is 5.91 Å². The largest absolute Gasteiger partial charge is 0.339 e. The van der Waals surface area contributed by atoms with Crippen LogP contribution in [0, 0.1) is 11.2 Å². The quantitative estimate of drug-likeness (QED) is 0.788. The molecule has 1 atom stereocenters. The number of carbonyl (C=O) groups is 1. The molecule has 0 aliphatic carbocycles. The first-order valence-electron chi connectivity index (χ1n) is 7.05. The summed E-state index contributed by atoms with van der Waals surface area (Å²) in [6, 6.07) is 6.75. The van der Waals surface area contributed by atoms with Gasteiger partial charge >= 0.3 is 0 Å². The van der Waals surface area contributed by atoms with Crippen molar-refractivity contribution in [3.05, 3.63) is 35.6 Å². The molecule has 1 saturated heterocycles. The van der Waals surface area contributed by atoms with Crippen molar-refractivity contribution in [1.82, 2.24) is 9.80 Å². The van der Waals surface area contributed by atoms with Crippen LogP contribution in [0.5, 0.6) is 0 Å². The van der Waals surface area contributed by atoms with Gasteiger partial charge in [0, 0.05) is 30.6 Å². The number of likely N-dealkylation sites (N-methyl/N-ethyl adjacent to an activating group) is 1. The molecular weight excluding hydrogens is 255 g/mol. The molecule has 3 nitrogen and oxygen atoms in total. The molecular formula is C16H23FN2O. The van der Waals surface area contributed by atoms with Crippen LogP contribution in [0.25, 0.3) is 0 Å². The Morgan fingerprint density at radius 1 is 1.25 bits per heavy atom. The molecule has 1 aliphatic heterocycles. The highest BCUT2D eigenvalue weighted by atomic mass is 19.1. The maximum absolute atomic E-state index is 14.0. The lowest BCUT2D eigenvalue weighted by Gasteiger charge is -2.41. The summed E-state index contributed by atoms with van der Waals surface area (Å²) in [5.41, 5.74) is 0.275. The van der Waals surface area contributed by atoms with E-state index < -0.39 is 5.41 Å². The van der Waals surface area contributed by atoms with Gasteiger partial charge in [0.25, 0.3) is 0 Å². The summed E-state index contributed by atoms with van der Waals surface area (Å²) in [6.07, 6.45) is 0. The Balaban J connectivity index is 2.22. The molecule has 0 radical (unpaired) electrons. The van der Waals surface area contributed by atoms with E-state index in [0.717, 1.165) is 6.54 Å². The van der Waals surface area contributed by atoms with Crippen LogP contribution in [0.2, 0.25) is 0 Å². The predicted octanol–water partition coefficient (Wildman–Crippen LogP) is 2.69. The molecule has 1 amide bonds. The Labute approximate surface area is 120 Å². The predicted molar refractivity (Wildman–Crippen MR) is 77.8 cm³/mol. The molecule has 1 aliphatic rings. The number of benzene rings is 1. The van der Waals surface area contributed by atoms with Crippen LogP contribution in [0.4, 0.5) is 4.39 Å². The standard InChI is InChI=1S/C16H23FN2O/c1-16(2,3)15(20)19-10-9-18(4)14(11-19)12-7-5-6-8-13(12)17/h5-8,14H,9-11H2,1-4H3. The Morgan fingerprint density at radius 3 is 2.50 bits per heavy atom. The van der Waals surface area contributed by atoms with Gasteiger partial charge in [0.1, 0.15) is 5.82 Å². The number of amides is 1. The second-order valence-corrected chi connectivity index (χ2v) is 6.52. The SMILES string of the molecule is CN1CCN(C(=O)C(C)(C)C)CC1c1ccccc1F. The molecule has 4 heteroatoms. The fourth-order valence-electron chi connectivity index (χ4n) is 2.61. The van der Waals surface area contributed by atoms with Gasteiger partial charge in [0.15, 0.2) is 0 Å². The molecule has 1 aromatic rings. The molecule has 2 rings (SSSR count). The number of carbonyl (C=O) groups excluding carboxylic acids is 1. The van der Waals surface area contributed by atoms with Crippen molar-refractivity contribution >= 4 is 5.91 Å². The van der Waals surface area contributed by atoms with Crippen molar-refractivity contribution in [2.45, 2.75) is 26.8 Å². The highest BCUT2D eigenvalue weighted by Crippen LogP contribution is 2.28. The van der Waals surface area contributed by atoms with Crippen LogP contribution in [-0.4, -0.2) is 42.4 Å². The lowest BCUT2D eigenvalue weighted by Crippen LogP contribution is -2.52. The minimum absolute atomic E-state index is 0.0729.